The molecule has 0 aromatic heterocycles. The van der Waals surface area contributed by atoms with Gasteiger partial charge in [-0.15, -0.1) is 5.73 Å². The van der Waals surface area contributed by atoms with Crippen LogP contribution in [0.2, 0.25) is 0 Å². The van der Waals surface area contributed by atoms with Gasteiger partial charge in [0.15, 0.2) is 0 Å². The Morgan fingerprint density at radius 3 is 2.56 bits per heavy atom. The van der Waals surface area contributed by atoms with Crippen molar-refractivity contribution in [3.05, 3.63) is 51.3 Å². The molecular weight excluding hydrogens is 315 g/mol. The van der Waals surface area contributed by atoms with E-state index in [9.17, 15) is 4.79 Å². The van der Waals surface area contributed by atoms with Crippen LogP contribution in [-0.4, -0.2) is 12.6 Å². The van der Waals surface area contributed by atoms with Crippen molar-refractivity contribution >= 4 is 28.6 Å². The molecule has 0 heterocycles. The maximum atomic E-state index is 11.5. The van der Waals surface area contributed by atoms with Crippen LogP contribution < -0.4 is 0 Å². The van der Waals surface area contributed by atoms with Crippen LogP contribution in [0.3, 0.4) is 0 Å². The molecule has 0 spiro atoms. The molecule has 84 valence electrons. The van der Waals surface area contributed by atoms with Crippen LogP contribution in [0.25, 0.3) is 0 Å². The molecule has 0 saturated carbocycles. The first kappa shape index (κ1) is 13.0. The normalized spacial score (nSPS) is 9.38. The van der Waals surface area contributed by atoms with Crippen LogP contribution in [-0.2, 0) is 16.0 Å². The van der Waals surface area contributed by atoms with Gasteiger partial charge in [-0.3, -0.25) is 0 Å². The summed E-state index contributed by atoms with van der Waals surface area (Å²) >= 11 is 2.24. The van der Waals surface area contributed by atoms with Gasteiger partial charge >= 0.3 is 5.97 Å². The molecule has 1 aromatic carbocycles. The Labute approximate surface area is 109 Å². The van der Waals surface area contributed by atoms with Gasteiger partial charge in [0.1, 0.15) is 0 Å². The summed E-state index contributed by atoms with van der Waals surface area (Å²) in [5, 5.41) is 0. The van der Waals surface area contributed by atoms with Crippen molar-refractivity contribution in [2.24, 2.45) is 0 Å². The molecule has 2 nitrogen and oxygen atoms in total. The minimum absolute atomic E-state index is 0.337. The number of rotatable bonds is 4. The second kappa shape index (κ2) is 6.51. The molecule has 0 amide bonds. The van der Waals surface area contributed by atoms with Crippen LogP contribution in [0.1, 0.15) is 12.5 Å². The largest absolute Gasteiger partial charge is 0.462 e. The molecule has 0 aliphatic rings. The summed E-state index contributed by atoms with van der Waals surface area (Å²) in [6.45, 7) is 5.67. The van der Waals surface area contributed by atoms with Gasteiger partial charge in [0.2, 0.25) is 0 Å². The summed E-state index contributed by atoms with van der Waals surface area (Å²) in [5.41, 5.74) is 4.17. The highest BCUT2D eigenvalue weighted by Crippen LogP contribution is 2.11. The fourth-order valence-electron chi connectivity index (χ4n) is 1.23. The fraction of sp³-hybridized carbons (Fsp3) is 0.231. The van der Waals surface area contributed by atoms with Crippen molar-refractivity contribution in [2.75, 3.05) is 6.61 Å². The maximum Gasteiger partial charge on any atom is 0.342 e. The van der Waals surface area contributed by atoms with E-state index in [4.69, 9.17) is 4.74 Å². The van der Waals surface area contributed by atoms with Gasteiger partial charge in [-0.25, -0.2) is 4.79 Å². The molecule has 3 heteroatoms. The molecule has 1 aromatic rings. The second-order valence-electron chi connectivity index (χ2n) is 3.18. The zero-order chi connectivity index (χ0) is 12.0. The van der Waals surface area contributed by atoms with Crippen molar-refractivity contribution in [2.45, 2.75) is 13.3 Å². The SMILES string of the molecule is C=C=C(Cc1ccc(I)cc1)C(=O)OCC. The molecule has 0 aliphatic heterocycles. The Kier molecular flexibility index (Phi) is 5.29. The van der Waals surface area contributed by atoms with E-state index in [1.807, 2.05) is 24.3 Å². The van der Waals surface area contributed by atoms with Crippen LogP contribution in [0.5, 0.6) is 0 Å². The molecule has 1 rings (SSSR count). The van der Waals surface area contributed by atoms with E-state index < -0.39 is 0 Å². The number of carbonyl (C=O) groups excluding carboxylic acids is 1. The number of hydrogen-bond donors (Lipinski definition) is 0. The monoisotopic (exact) mass is 328 g/mol. The number of benzene rings is 1. The number of ether oxygens (including phenoxy) is 1. The van der Waals surface area contributed by atoms with Gasteiger partial charge in [-0.2, -0.15) is 0 Å². The molecule has 0 bridgehead atoms. The highest BCUT2D eigenvalue weighted by Gasteiger charge is 2.10. The summed E-state index contributed by atoms with van der Waals surface area (Å²) in [6, 6.07) is 7.97. The summed E-state index contributed by atoms with van der Waals surface area (Å²) in [4.78, 5) is 11.5. The van der Waals surface area contributed by atoms with E-state index in [-0.39, 0.29) is 5.97 Å². The van der Waals surface area contributed by atoms with Crippen LogP contribution in [0, 0.1) is 3.57 Å². The lowest BCUT2D eigenvalue weighted by Crippen LogP contribution is -2.09. The highest BCUT2D eigenvalue weighted by atomic mass is 127. The number of esters is 1. The summed E-state index contributed by atoms with van der Waals surface area (Å²) in [6.07, 6.45) is 0.513. The third-order valence-corrected chi connectivity index (χ3v) is 2.75. The molecule has 0 saturated heterocycles. The van der Waals surface area contributed by atoms with Crippen LogP contribution >= 0.6 is 22.6 Å². The lowest BCUT2D eigenvalue weighted by atomic mass is 10.1. The topological polar surface area (TPSA) is 26.3 Å². The number of carbonyl (C=O) groups is 1. The van der Waals surface area contributed by atoms with Gasteiger partial charge in [-0.05, 0) is 47.2 Å². The average molecular weight is 328 g/mol. The van der Waals surface area contributed by atoms with Crippen LogP contribution in [0.4, 0.5) is 0 Å². The Morgan fingerprint density at radius 2 is 2.06 bits per heavy atom. The zero-order valence-electron chi connectivity index (χ0n) is 9.13. The summed E-state index contributed by atoms with van der Waals surface area (Å²) in [7, 11) is 0. The number of halogens is 1. The zero-order valence-corrected chi connectivity index (χ0v) is 11.3. The third kappa shape index (κ3) is 3.83. The Hall–Kier alpha value is -1.06. The van der Waals surface area contributed by atoms with Crippen LogP contribution in [0.15, 0.2) is 42.1 Å². The predicted molar refractivity (Wildman–Crippen MR) is 72.1 cm³/mol. The van der Waals surface area contributed by atoms with Crippen molar-refractivity contribution in [3.8, 4) is 0 Å². The molecule has 16 heavy (non-hydrogen) atoms. The summed E-state index contributed by atoms with van der Waals surface area (Å²) < 4.78 is 6.08. The molecule has 0 aliphatic carbocycles. The minimum Gasteiger partial charge on any atom is -0.462 e. The Balaban J connectivity index is 2.75. The first-order valence-corrected chi connectivity index (χ1v) is 6.05. The molecule has 0 radical (unpaired) electrons. The van der Waals surface area contributed by atoms with E-state index in [0.717, 1.165) is 5.56 Å². The first-order valence-electron chi connectivity index (χ1n) is 4.98. The van der Waals surface area contributed by atoms with Crippen molar-refractivity contribution in [3.63, 3.8) is 0 Å². The standard InChI is InChI=1S/C13H13IO2/c1-3-11(13(15)16-4-2)9-10-5-7-12(14)8-6-10/h5-8H,1,4,9H2,2H3. The predicted octanol–water partition coefficient (Wildman–Crippen LogP) is 3.11. The van der Waals surface area contributed by atoms with Gasteiger partial charge < -0.3 is 4.74 Å². The van der Waals surface area contributed by atoms with Gasteiger partial charge in [0.05, 0.1) is 12.2 Å². The molecule has 0 N–H and O–H groups in total. The van der Waals surface area contributed by atoms with E-state index in [1.165, 1.54) is 3.57 Å². The fourth-order valence-corrected chi connectivity index (χ4v) is 1.59. The van der Waals surface area contributed by atoms with E-state index in [0.29, 0.717) is 18.6 Å². The molecule has 0 fully saturated rings. The summed E-state index contributed by atoms with van der Waals surface area (Å²) in [5.74, 6) is -0.337. The third-order valence-electron chi connectivity index (χ3n) is 2.03. The molecule has 0 unspecified atom stereocenters. The molecular formula is C13H13IO2. The first-order chi connectivity index (χ1) is 7.67. The van der Waals surface area contributed by atoms with E-state index >= 15 is 0 Å². The smallest absolute Gasteiger partial charge is 0.342 e. The van der Waals surface area contributed by atoms with Gasteiger partial charge in [0, 0.05) is 9.99 Å². The number of hydrogen-bond acceptors (Lipinski definition) is 2. The minimum atomic E-state index is -0.337. The van der Waals surface area contributed by atoms with E-state index in [1.54, 1.807) is 6.92 Å². The quantitative estimate of drug-likeness (QED) is 0.367. The van der Waals surface area contributed by atoms with E-state index in [2.05, 4.69) is 34.9 Å². The second-order valence-corrected chi connectivity index (χ2v) is 4.42. The van der Waals surface area contributed by atoms with Crippen molar-refractivity contribution in [1.82, 2.24) is 0 Å². The maximum absolute atomic E-state index is 11.5. The lowest BCUT2D eigenvalue weighted by Gasteiger charge is -2.04. The highest BCUT2D eigenvalue weighted by molar-refractivity contribution is 14.1. The Morgan fingerprint density at radius 1 is 1.44 bits per heavy atom. The van der Waals surface area contributed by atoms with Gasteiger partial charge in [-0.1, -0.05) is 18.7 Å². The van der Waals surface area contributed by atoms with Crippen molar-refractivity contribution in [1.29, 1.82) is 0 Å². The van der Waals surface area contributed by atoms with Crippen molar-refractivity contribution < 1.29 is 9.53 Å². The van der Waals surface area contributed by atoms with Gasteiger partial charge in [0.25, 0.3) is 0 Å². The lowest BCUT2D eigenvalue weighted by molar-refractivity contribution is -0.138. The Bertz CT molecular complexity index is 414. The molecule has 0 atom stereocenters. The average Bonchev–Trinajstić information content (AvgIpc) is 2.28.